The first-order valence-electron chi connectivity index (χ1n) is 4.24. The predicted molar refractivity (Wildman–Crippen MR) is 61.7 cm³/mol. The molecule has 0 aliphatic heterocycles. The van der Waals surface area contributed by atoms with E-state index in [2.05, 4.69) is 31.2 Å². The number of primary amides is 1. The molecule has 1 aromatic heterocycles. The molecule has 0 atom stereocenters. The third-order valence-corrected chi connectivity index (χ3v) is 2.49. The smallest absolute Gasteiger partial charge is 0.236 e. The highest BCUT2D eigenvalue weighted by Gasteiger charge is 2.12. The summed E-state index contributed by atoms with van der Waals surface area (Å²) < 4.78 is 0.705. The Bertz CT molecular complexity index is 370. The Kier molecular flexibility index (Phi) is 3.84. The van der Waals surface area contributed by atoms with E-state index in [0.717, 1.165) is 0 Å². The van der Waals surface area contributed by atoms with E-state index in [-0.39, 0.29) is 6.54 Å². The van der Waals surface area contributed by atoms with Crippen LogP contribution in [0.1, 0.15) is 0 Å². The van der Waals surface area contributed by atoms with Crippen molar-refractivity contribution in [2.75, 3.05) is 30.9 Å². The van der Waals surface area contributed by atoms with Crippen LogP contribution in [0.4, 0.5) is 11.6 Å². The van der Waals surface area contributed by atoms with Crippen LogP contribution < -0.4 is 16.0 Å². The number of nitrogens with one attached hydrogen (secondary N) is 1. The van der Waals surface area contributed by atoms with E-state index in [9.17, 15) is 4.79 Å². The summed E-state index contributed by atoms with van der Waals surface area (Å²) in [4.78, 5) is 20.5. The molecule has 0 saturated heterocycles. The van der Waals surface area contributed by atoms with E-state index < -0.39 is 5.91 Å². The Labute approximate surface area is 96.0 Å². The van der Waals surface area contributed by atoms with Crippen molar-refractivity contribution in [3.8, 4) is 0 Å². The molecule has 0 unspecified atom stereocenters. The fourth-order valence-corrected chi connectivity index (χ4v) is 1.82. The van der Waals surface area contributed by atoms with Gasteiger partial charge in [-0.3, -0.25) is 4.79 Å². The Hall–Kier alpha value is -1.37. The largest absolute Gasteiger partial charge is 0.372 e. The van der Waals surface area contributed by atoms with E-state index in [1.165, 1.54) is 6.33 Å². The lowest BCUT2D eigenvalue weighted by molar-refractivity contribution is -0.116. The molecule has 0 saturated carbocycles. The molecule has 3 N–H and O–H groups in total. The number of carbonyl (C=O) groups is 1. The van der Waals surface area contributed by atoms with Crippen molar-refractivity contribution in [3.63, 3.8) is 0 Å². The third kappa shape index (κ3) is 2.79. The summed E-state index contributed by atoms with van der Waals surface area (Å²) in [5.74, 6) is 0.874. The van der Waals surface area contributed by atoms with Gasteiger partial charge in [0.1, 0.15) is 22.4 Å². The predicted octanol–water partition coefficient (Wildman–Crippen LogP) is 0.202. The molecule has 15 heavy (non-hydrogen) atoms. The molecule has 6 nitrogen and oxygen atoms in total. The Morgan fingerprint density at radius 3 is 2.87 bits per heavy atom. The highest BCUT2D eigenvalue weighted by Crippen LogP contribution is 2.27. The number of likely N-dealkylation sites (N-methyl/N-ethyl adjacent to an activating group) is 1. The van der Waals surface area contributed by atoms with Crippen LogP contribution >= 0.6 is 15.9 Å². The molecule has 0 aliphatic carbocycles. The van der Waals surface area contributed by atoms with Gasteiger partial charge in [0.25, 0.3) is 0 Å². The number of nitrogens with two attached hydrogens (primary N) is 1. The van der Waals surface area contributed by atoms with Gasteiger partial charge < -0.3 is 16.0 Å². The van der Waals surface area contributed by atoms with Crippen molar-refractivity contribution >= 4 is 33.5 Å². The van der Waals surface area contributed by atoms with Gasteiger partial charge in [-0.05, 0) is 15.9 Å². The van der Waals surface area contributed by atoms with Crippen LogP contribution in [0.25, 0.3) is 0 Å². The van der Waals surface area contributed by atoms with Crippen molar-refractivity contribution < 1.29 is 4.79 Å². The molecule has 0 spiro atoms. The summed E-state index contributed by atoms with van der Waals surface area (Å²) in [7, 11) is 3.49. The molecule has 7 heteroatoms. The zero-order valence-electron chi connectivity index (χ0n) is 8.49. The first kappa shape index (κ1) is 11.7. The van der Waals surface area contributed by atoms with E-state index in [1.807, 2.05) is 0 Å². The quantitative estimate of drug-likeness (QED) is 0.819. The molecule has 82 valence electrons. The number of hydrogen-bond acceptors (Lipinski definition) is 5. The van der Waals surface area contributed by atoms with Crippen LogP contribution in [0.3, 0.4) is 0 Å². The standard InChI is InChI=1S/C8H12BrN5O/c1-11-7-6(9)8(13-4-12-7)14(2)3-5(10)15/h4H,3H2,1-2H3,(H2,10,15)(H,11,12,13). The van der Waals surface area contributed by atoms with Crippen LogP contribution in [0.2, 0.25) is 0 Å². The summed E-state index contributed by atoms with van der Waals surface area (Å²) >= 11 is 3.35. The zero-order valence-corrected chi connectivity index (χ0v) is 10.1. The van der Waals surface area contributed by atoms with Crippen molar-refractivity contribution in [1.82, 2.24) is 9.97 Å². The van der Waals surface area contributed by atoms with Gasteiger partial charge in [-0.1, -0.05) is 0 Å². The van der Waals surface area contributed by atoms with Crippen molar-refractivity contribution in [1.29, 1.82) is 0 Å². The number of aromatic nitrogens is 2. The van der Waals surface area contributed by atoms with Crippen LogP contribution in [-0.2, 0) is 4.79 Å². The van der Waals surface area contributed by atoms with E-state index in [1.54, 1.807) is 19.0 Å². The molecular formula is C8H12BrN5O. The third-order valence-electron chi connectivity index (χ3n) is 1.76. The fraction of sp³-hybridized carbons (Fsp3) is 0.375. The van der Waals surface area contributed by atoms with E-state index in [0.29, 0.717) is 16.1 Å². The SMILES string of the molecule is CNc1ncnc(N(C)CC(N)=O)c1Br. The molecular weight excluding hydrogens is 262 g/mol. The van der Waals surface area contributed by atoms with Crippen molar-refractivity contribution in [2.45, 2.75) is 0 Å². The monoisotopic (exact) mass is 273 g/mol. The normalized spacial score (nSPS) is 9.80. The van der Waals surface area contributed by atoms with Gasteiger partial charge in [0.2, 0.25) is 5.91 Å². The van der Waals surface area contributed by atoms with Crippen molar-refractivity contribution in [3.05, 3.63) is 10.8 Å². The Balaban J connectivity index is 2.98. The zero-order chi connectivity index (χ0) is 11.4. The summed E-state index contributed by atoms with van der Waals surface area (Å²) in [5, 5.41) is 2.90. The van der Waals surface area contributed by atoms with Gasteiger partial charge in [-0.15, -0.1) is 0 Å². The molecule has 0 fully saturated rings. The Morgan fingerprint density at radius 1 is 1.67 bits per heavy atom. The topological polar surface area (TPSA) is 84.1 Å². The number of hydrogen-bond donors (Lipinski definition) is 2. The molecule has 0 aromatic carbocycles. The van der Waals surface area contributed by atoms with Gasteiger partial charge in [-0.25, -0.2) is 9.97 Å². The van der Waals surface area contributed by atoms with Crippen LogP contribution in [-0.4, -0.2) is 36.5 Å². The average molecular weight is 274 g/mol. The molecule has 0 aliphatic rings. The lowest BCUT2D eigenvalue weighted by atomic mass is 10.4. The summed E-state index contributed by atoms with van der Waals surface area (Å²) in [6.07, 6.45) is 1.42. The maximum absolute atomic E-state index is 10.8. The maximum Gasteiger partial charge on any atom is 0.236 e. The van der Waals surface area contributed by atoms with Crippen LogP contribution in [0.15, 0.2) is 10.8 Å². The second-order valence-electron chi connectivity index (χ2n) is 2.93. The molecule has 0 bridgehead atoms. The number of carbonyl (C=O) groups excluding carboxylic acids is 1. The average Bonchev–Trinajstić information content (AvgIpc) is 2.17. The number of halogens is 1. The maximum atomic E-state index is 10.8. The highest BCUT2D eigenvalue weighted by atomic mass is 79.9. The first-order valence-corrected chi connectivity index (χ1v) is 5.03. The summed E-state index contributed by atoms with van der Waals surface area (Å²) in [6, 6.07) is 0. The van der Waals surface area contributed by atoms with Gasteiger partial charge in [0.05, 0.1) is 6.54 Å². The second kappa shape index (κ2) is 4.92. The van der Waals surface area contributed by atoms with E-state index in [4.69, 9.17) is 5.73 Å². The van der Waals surface area contributed by atoms with Gasteiger partial charge >= 0.3 is 0 Å². The lowest BCUT2D eigenvalue weighted by Crippen LogP contribution is -2.31. The summed E-state index contributed by atoms with van der Waals surface area (Å²) in [6.45, 7) is 0.110. The van der Waals surface area contributed by atoms with Crippen molar-refractivity contribution in [2.24, 2.45) is 5.73 Å². The Morgan fingerprint density at radius 2 is 2.33 bits per heavy atom. The molecule has 1 aromatic rings. The summed E-state index contributed by atoms with van der Waals surface area (Å²) in [5.41, 5.74) is 5.10. The number of rotatable bonds is 4. The minimum absolute atomic E-state index is 0.110. The lowest BCUT2D eigenvalue weighted by Gasteiger charge is -2.18. The fourth-order valence-electron chi connectivity index (χ4n) is 1.11. The number of amides is 1. The van der Waals surface area contributed by atoms with Gasteiger partial charge in [0.15, 0.2) is 0 Å². The molecule has 1 rings (SSSR count). The van der Waals surface area contributed by atoms with E-state index >= 15 is 0 Å². The van der Waals surface area contributed by atoms with Gasteiger partial charge in [0, 0.05) is 14.1 Å². The second-order valence-corrected chi connectivity index (χ2v) is 3.73. The molecule has 1 amide bonds. The number of nitrogens with zero attached hydrogens (tertiary/aromatic N) is 3. The molecule has 1 heterocycles. The van der Waals surface area contributed by atoms with Crippen LogP contribution in [0.5, 0.6) is 0 Å². The minimum Gasteiger partial charge on any atom is -0.372 e. The molecule has 0 radical (unpaired) electrons. The number of anilines is 2. The van der Waals surface area contributed by atoms with Crippen LogP contribution in [0, 0.1) is 0 Å². The first-order chi connectivity index (χ1) is 7.06. The van der Waals surface area contributed by atoms with Gasteiger partial charge in [-0.2, -0.15) is 0 Å². The minimum atomic E-state index is -0.408. The highest BCUT2D eigenvalue weighted by molar-refractivity contribution is 9.10.